The molecule has 2 aromatic rings. The minimum atomic E-state index is -0.206. The van der Waals surface area contributed by atoms with Crippen LogP contribution in [0.5, 0.6) is 5.75 Å². The Kier molecular flexibility index (Phi) is 5.91. The van der Waals surface area contributed by atoms with Gasteiger partial charge >= 0.3 is 0 Å². The second-order valence-electron chi connectivity index (χ2n) is 5.42. The smallest absolute Gasteiger partial charge is 0.270 e. The Hall–Kier alpha value is -2.63. The summed E-state index contributed by atoms with van der Waals surface area (Å²) >= 11 is 0. The van der Waals surface area contributed by atoms with Gasteiger partial charge in [0.1, 0.15) is 11.4 Å². The summed E-state index contributed by atoms with van der Waals surface area (Å²) in [5.74, 6) is 1.25. The fourth-order valence-corrected chi connectivity index (χ4v) is 1.90. The van der Waals surface area contributed by atoms with Crippen LogP contribution in [0.25, 0.3) is 0 Å². The SMILES string of the molecule is CCOc1ccccc1Nc1nccc(C(=O)NCC(C)C)n1. The van der Waals surface area contributed by atoms with Gasteiger partial charge in [-0.25, -0.2) is 9.97 Å². The summed E-state index contributed by atoms with van der Waals surface area (Å²) in [4.78, 5) is 20.5. The van der Waals surface area contributed by atoms with E-state index >= 15 is 0 Å². The summed E-state index contributed by atoms with van der Waals surface area (Å²) in [6.07, 6.45) is 1.56. The first-order valence-corrected chi connectivity index (χ1v) is 7.70. The van der Waals surface area contributed by atoms with Gasteiger partial charge in [0.05, 0.1) is 12.3 Å². The van der Waals surface area contributed by atoms with Gasteiger partial charge in [-0.1, -0.05) is 26.0 Å². The second kappa shape index (κ2) is 8.12. The van der Waals surface area contributed by atoms with Crippen molar-refractivity contribution in [3.8, 4) is 5.75 Å². The molecule has 6 nitrogen and oxygen atoms in total. The van der Waals surface area contributed by atoms with Crippen molar-refractivity contribution < 1.29 is 9.53 Å². The molecular formula is C17H22N4O2. The first-order valence-electron chi connectivity index (χ1n) is 7.70. The molecule has 0 atom stereocenters. The van der Waals surface area contributed by atoms with Crippen LogP contribution in [0.2, 0.25) is 0 Å². The third kappa shape index (κ3) is 4.95. The maximum atomic E-state index is 12.1. The van der Waals surface area contributed by atoms with Crippen LogP contribution in [0.4, 0.5) is 11.6 Å². The third-order valence-electron chi connectivity index (χ3n) is 2.99. The number of benzene rings is 1. The number of hydrogen-bond donors (Lipinski definition) is 2. The molecule has 0 unspecified atom stereocenters. The number of ether oxygens (including phenoxy) is 1. The monoisotopic (exact) mass is 314 g/mol. The summed E-state index contributed by atoms with van der Waals surface area (Å²) in [5, 5.41) is 5.93. The summed E-state index contributed by atoms with van der Waals surface area (Å²) in [7, 11) is 0. The number of nitrogens with one attached hydrogen (secondary N) is 2. The second-order valence-corrected chi connectivity index (χ2v) is 5.42. The molecule has 0 fully saturated rings. The van der Waals surface area contributed by atoms with Crippen molar-refractivity contribution in [3.05, 3.63) is 42.2 Å². The Balaban J connectivity index is 2.13. The van der Waals surface area contributed by atoms with Crippen molar-refractivity contribution in [1.82, 2.24) is 15.3 Å². The first-order chi connectivity index (χ1) is 11.1. The fourth-order valence-electron chi connectivity index (χ4n) is 1.90. The Morgan fingerprint density at radius 2 is 2.04 bits per heavy atom. The zero-order valence-corrected chi connectivity index (χ0v) is 13.7. The standard InChI is InChI=1S/C17H22N4O2/c1-4-23-15-8-6-5-7-13(15)20-17-18-10-9-14(21-17)16(22)19-11-12(2)3/h5-10,12H,4,11H2,1-3H3,(H,19,22)(H,18,20,21). The molecule has 0 aliphatic heterocycles. The minimum absolute atomic E-state index is 0.206. The van der Waals surface area contributed by atoms with Gasteiger partial charge in [-0.05, 0) is 31.0 Å². The highest BCUT2D eigenvalue weighted by Gasteiger charge is 2.10. The van der Waals surface area contributed by atoms with Gasteiger partial charge in [-0.2, -0.15) is 0 Å². The van der Waals surface area contributed by atoms with Gasteiger partial charge in [-0.15, -0.1) is 0 Å². The number of amides is 1. The average molecular weight is 314 g/mol. The van der Waals surface area contributed by atoms with E-state index in [-0.39, 0.29) is 5.91 Å². The predicted molar refractivity (Wildman–Crippen MR) is 90.1 cm³/mol. The zero-order chi connectivity index (χ0) is 16.7. The number of nitrogens with zero attached hydrogens (tertiary/aromatic N) is 2. The lowest BCUT2D eigenvalue weighted by molar-refractivity contribution is 0.0944. The Bertz CT molecular complexity index is 659. The van der Waals surface area contributed by atoms with E-state index in [1.807, 2.05) is 45.0 Å². The molecule has 1 heterocycles. The van der Waals surface area contributed by atoms with Crippen LogP contribution < -0.4 is 15.4 Å². The van der Waals surface area contributed by atoms with Gasteiger partial charge < -0.3 is 15.4 Å². The molecule has 0 bridgehead atoms. The zero-order valence-electron chi connectivity index (χ0n) is 13.7. The number of anilines is 2. The average Bonchev–Trinajstić information content (AvgIpc) is 2.55. The van der Waals surface area contributed by atoms with Crippen molar-refractivity contribution in [2.45, 2.75) is 20.8 Å². The fraction of sp³-hybridized carbons (Fsp3) is 0.353. The maximum absolute atomic E-state index is 12.1. The number of aromatic nitrogens is 2. The van der Waals surface area contributed by atoms with E-state index in [2.05, 4.69) is 20.6 Å². The highest BCUT2D eigenvalue weighted by Crippen LogP contribution is 2.25. The summed E-state index contributed by atoms with van der Waals surface area (Å²) < 4.78 is 5.55. The van der Waals surface area contributed by atoms with E-state index in [1.54, 1.807) is 12.3 Å². The van der Waals surface area contributed by atoms with Crippen molar-refractivity contribution in [2.75, 3.05) is 18.5 Å². The summed E-state index contributed by atoms with van der Waals surface area (Å²) in [5.41, 5.74) is 1.09. The largest absolute Gasteiger partial charge is 0.492 e. The van der Waals surface area contributed by atoms with Crippen LogP contribution in [0.1, 0.15) is 31.3 Å². The third-order valence-corrected chi connectivity index (χ3v) is 2.99. The van der Waals surface area contributed by atoms with E-state index in [1.165, 1.54) is 0 Å². The van der Waals surface area contributed by atoms with Crippen LogP contribution in [-0.4, -0.2) is 29.0 Å². The van der Waals surface area contributed by atoms with Gasteiger partial charge in [0, 0.05) is 12.7 Å². The number of hydrogen-bond acceptors (Lipinski definition) is 5. The molecule has 6 heteroatoms. The first kappa shape index (κ1) is 16.7. The molecule has 23 heavy (non-hydrogen) atoms. The van der Waals surface area contributed by atoms with Gasteiger partial charge in [0.2, 0.25) is 5.95 Å². The van der Waals surface area contributed by atoms with Crippen molar-refractivity contribution in [2.24, 2.45) is 5.92 Å². The van der Waals surface area contributed by atoms with E-state index < -0.39 is 0 Å². The predicted octanol–water partition coefficient (Wildman–Crippen LogP) is 3.00. The van der Waals surface area contributed by atoms with Crippen LogP contribution >= 0.6 is 0 Å². The molecule has 1 aromatic heterocycles. The number of rotatable bonds is 7. The van der Waals surface area contributed by atoms with Crippen molar-refractivity contribution >= 4 is 17.5 Å². The lowest BCUT2D eigenvalue weighted by atomic mass is 10.2. The number of para-hydroxylation sites is 2. The quantitative estimate of drug-likeness (QED) is 0.821. The summed E-state index contributed by atoms with van der Waals surface area (Å²) in [6.45, 7) is 7.18. The number of carbonyl (C=O) groups is 1. The Morgan fingerprint density at radius 1 is 1.26 bits per heavy atom. The van der Waals surface area contributed by atoms with Crippen LogP contribution in [-0.2, 0) is 0 Å². The molecule has 1 amide bonds. The van der Waals surface area contributed by atoms with Gasteiger partial charge in [0.25, 0.3) is 5.91 Å². The van der Waals surface area contributed by atoms with Crippen molar-refractivity contribution in [1.29, 1.82) is 0 Å². The maximum Gasteiger partial charge on any atom is 0.270 e. The molecule has 122 valence electrons. The van der Waals surface area contributed by atoms with Crippen LogP contribution in [0, 0.1) is 5.92 Å². The van der Waals surface area contributed by atoms with Crippen LogP contribution in [0.3, 0.4) is 0 Å². The Morgan fingerprint density at radius 3 is 2.78 bits per heavy atom. The lowest BCUT2D eigenvalue weighted by Crippen LogP contribution is -2.28. The topological polar surface area (TPSA) is 76.1 Å². The molecule has 1 aromatic carbocycles. The van der Waals surface area contributed by atoms with E-state index in [4.69, 9.17) is 4.74 Å². The molecule has 0 radical (unpaired) electrons. The lowest BCUT2D eigenvalue weighted by Gasteiger charge is -2.11. The molecule has 0 saturated carbocycles. The number of carbonyl (C=O) groups excluding carboxylic acids is 1. The molecule has 0 aliphatic rings. The molecule has 2 rings (SSSR count). The van der Waals surface area contributed by atoms with E-state index in [0.717, 1.165) is 5.69 Å². The molecule has 0 saturated heterocycles. The molecule has 0 spiro atoms. The highest BCUT2D eigenvalue weighted by atomic mass is 16.5. The molecule has 2 N–H and O–H groups in total. The molecular weight excluding hydrogens is 292 g/mol. The highest BCUT2D eigenvalue weighted by molar-refractivity contribution is 5.92. The van der Waals surface area contributed by atoms with E-state index in [0.29, 0.717) is 36.5 Å². The van der Waals surface area contributed by atoms with Gasteiger partial charge in [0.15, 0.2) is 0 Å². The summed E-state index contributed by atoms with van der Waals surface area (Å²) in [6, 6.07) is 9.12. The van der Waals surface area contributed by atoms with Crippen LogP contribution in [0.15, 0.2) is 36.5 Å². The molecule has 0 aliphatic carbocycles. The van der Waals surface area contributed by atoms with Gasteiger partial charge in [-0.3, -0.25) is 4.79 Å². The Labute approximate surface area is 136 Å². The van der Waals surface area contributed by atoms with E-state index in [9.17, 15) is 4.79 Å². The van der Waals surface area contributed by atoms with Crippen molar-refractivity contribution in [3.63, 3.8) is 0 Å². The normalized spacial score (nSPS) is 10.4. The minimum Gasteiger partial charge on any atom is -0.492 e.